The first kappa shape index (κ1) is 22.2. The predicted octanol–water partition coefficient (Wildman–Crippen LogP) is 6.48. The number of fused-ring (bicyclic) bond motifs is 1. The van der Waals surface area contributed by atoms with E-state index in [1.165, 1.54) is 16.9 Å². The van der Waals surface area contributed by atoms with E-state index in [2.05, 4.69) is 43.2 Å². The average Bonchev–Trinajstić information content (AvgIpc) is 3.08. The average molecular weight is 426 g/mol. The predicted molar refractivity (Wildman–Crippen MR) is 126 cm³/mol. The second-order valence-corrected chi connectivity index (χ2v) is 10.2. The van der Waals surface area contributed by atoms with Gasteiger partial charge < -0.3 is 10.1 Å². The molecule has 30 heavy (non-hydrogen) atoms. The van der Waals surface area contributed by atoms with Crippen molar-refractivity contribution in [3.05, 3.63) is 34.2 Å². The van der Waals surface area contributed by atoms with E-state index in [4.69, 9.17) is 9.72 Å². The van der Waals surface area contributed by atoms with E-state index in [-0.39, 0.29) is 11.3 Å². The molecule has 1 aromatic carbocycles. The third-order valence-corrected chi connectivity index (χ3v) is 5.79. The van der Waals surface area contributed by atoms with E-state index in [9.17, 15) is 4.79 Å². The van der Waals surface area contributed by atoms with Crippen LogP contribution < -0.4 is 10.1 Å². The van der Waals surface area contributed by atoms with Gasteiger partial charge in [0.25, 0.3) is 0 Å². The zero-order chi connectivity index (χ0) is 22.2. The van der Waals surface area contributed by atoms with Crippen molar-refractivity contribution in [3.63, 3.8) is 0 Å². The number of thiazole rings is 1. The highest BCUT2D eigenvalue weighted by atomic mass is 32.1. The van der Waals surface area contributed by atoms with Crippen LogP contribution in [0.3, 0.4) is 0 Å². The molecule has 6 heteroatoms. The molecule has 1 amide bonds. The number of rotatable bonds is 5. The van der Waals surface area contributed by atoms with Crippen LogP contribution in [-0.2, 0) is 4.79 Å². The van der Waals surface area contributed by atoms with Crippen LogP contribution in [0.25, 0.3) is 22.3 Å². The second kappa shape index (κ2) is 8.34. The Morgan fingerprint density at radius 2 is 1.87 bits per heavy atom. The van der Waals surface area contributed by atoms with Crippen LogP contribution in [0.15, 0.2) is 17.5 Å². The number of carbonyl (C=O) groups is 1. The summed E-state index contributed by atoms with van der Waals surface area (Å²) in [4.78, 5) is 21.8. The normalized spacial score (nSPS) is 11.9. The van der Waals surface area contributed by atoms with Gasteiger partial charge in [-0.3, -0.25) is 4.79 Å². The minimum Gasteiger partial charge on any atom is -0.496 e. The summed E-state index contributed by atoms with van der Waals surface area (Å²) in [5.74, 6) is 1.19. The van der Waals surface area contributed by atoms with Gasteiger partial charge in [-0.25, -0.2) is 9.97 Å². The molecule has 1 N–H and O–H groups in total. The molecular formula is C24H31N3O2S. The highest BCUT2D eigenvalue weighted by molar-refractivity contribution is 7.14. The smallest absolute Gasteiger partial charge is 0.226 e. The number of carbonyl (C=O) groups excluding carboxylic acids is 1. The highest BCUT2D eigenvalue weighted by Gasteiger charge is 2.19. The van der Waals surface area contributed by atoms with Crippen LogP contribution >= 0.6 is 11.3 Å². The van der Waals surface area contributed by atoms with E-state index < -0.39 is 0 Å². The molecule has 0 aliphatic carbocycles. The molecule has 160 valence electrons. The SMILES string of the molecule is COc1c(C)cc2c(C(C)C)cc(-c3csc(NC(=O)CC(C)(C)C)n3)nc2c1C. The number of aromatic nitrogens is 2. The molecule has 3 aromatic rings. The molecule has 0 aliphatic heterocycles. The van der Waals surface area contributed by atoms with Crippen molar-refractivity contribution >= 4 is 33.3 Å². The number of benzene rings is 1. The molecule has 3 rings (SSSR count). The summed E-state index contributed by atoms with van der Waals surface area (Å²) >= 11 is 1.42. The molecule has 0 fully saturated rings. The van der Waals surface area contributed by atoms with Crippen molar-refractivity contribution in [2.75, 3.05) is 12.4 Å². The van der Waals surface area contributed by atoms with Crippen LogP contribution in [0.4, 0.5) is 5.13 Å². The molecule has 0 unspecified atom stereocenters. The van der Waals surface area contributed by atoms with Crippen LogP contribution in [0, 0.1) is 19.3 Å². The lowest BCUT2D eigenvalue weighted by Gasteiger charge is -2.17. The molecule has 0 atom stereocenters. The molecule has 2 heterocycles. The number of ether oxygens (including phenoxy) is 1. The minimum absolute atomic E-state index is 0.0196. The van der Waals surface area contributed by atoms with Crippen LogP contribution in [-0.4, -0.2) is 23.0 Å². The lowest BCUT2D eigenvalue weighted by atomic mass is 9.92. The fourth-order valence-electron chi connectivity index (χ4n) is 3.71. The number of pyridine rings is 1. The zero-order valence-corrected chi connectivity index (χ0v) is 20.0. The maximum Gasteiger partial charge on any atom is 0.226 e. The van der Waals surface area contributed by atoms with Gasteiger partial charge in [-0.05, 0) is 48.4 Å². The third kappa shape index (κ3) is 4.64. The molecule has 0 spiro atoms. The third-order valence-electron chi connectivity index (χ3n) is 5.04. The van der Waals surface area contributed by atoms with Crippen molar-refractivity contribution in [3.8, 4) is 17.1 Å². The highest BCUT2D eigenvalue weighted by Crippen LogP contribution is 2.36. The Labute approximate surface area is 182 Å². The number of methoxy groups -OCH3 is 1. The van der Waals surface area contributed by atoms with Crippen molar-refractivity contribution in [2.45, 2.75) is 60.8 Å². The monoisotopic (exact) mass is 425 g/mol. The first-order chi connectivity index (χ1) is 14.0. The van der Waals surface area contributed by atoms with Gasteiger partial charge in [0.1, 0.15) is 11.4 Å². The maximum atomic E-state index is 12.3. The lowest BCUT2D eigenvalue weighted by Crippen LogP contribution is -2.19. The lowest BCUT2D eigenvalue weighted by molar-refractivity contribution is -0.117. The first-order valence-electron chi connectivity index (χ1n) is 10.2. The van der Waals surface area contributed by atoms with Gasteiger partial charge in [0.05, 0.1) is 18.3 Å². The number of anilines is 1. The molecule has 0 saturated heterocycles. The number of amides is 1. The summed E-state index contributed by atoms with van der Waals surface area (Å²) in [6.45, 7) is 14.6. The van der Waals surface area contributed by atoms with E-state index in [0.29, 0.717) is 17.5 Å². The zero-order valence-electron chi connectivity index (χ0n) is 19.1. The Hall–Kier alpha value is -2.47. The van der Waals surface area contributed by atoms with E-state index >= 15 is 0 Å². The summed E-state index contributed by atoms with van der Waals surface area (Å²) in [6, 6.07) is 4.28. The van der Waals surface area contributed by atoms with Gasteiger partial charge in [-0.15, -0.1) is 11.3 Å². The first-order valence-corrected chi connectivity index (χ1v) is 11.1. The molecule has 2 aromatic heterocycles. The Kier molecular flexibility index (Phi) is 6.18. The Balaban J connectivity index is 2.05. The number of hydrogen-bond donors (Lipinski definition) is 1. The van der Waals surface area contributed by atoms with E-state index in [1.54, 1.807) is 7.11 Å². The van der Waals surface area contributed by atoms with Gasteiger partial charge in [0.2, 0.25) is 5.91 Å². The van der Waals surface area contributed by atoms with Crippen molar-refractivity contribution in [1.82, 2.24) is 9.97 Å². The second-order valence-electron chi connectivity index (χ2n) is 9.32. The van der Waals surface area contributed by atoms with E-state index in [1.807, 2.05) is 33.1 Å². The standard InChI is InChI=1S/C24H31N3O2S/c1-13(2)16-10-18(25-21-15(4)22(29-8)14(3)9-17(16)21)19-12-30-23(26-19)27-20(28)11-24(5,6)7/h9-10,12-13H,11H2,1-8H3,(H,26,27,28). The Morgan fingerprint density at radius 3 is 2.47 bits per heavy atom. The largest absolute Gasteiger partial charge is 0.496 e. The maximum absolute atomic E-state index is 12.3. The Bertz CT molecular complexity index is 1090. The van der Waals surface area contributed by atoms with Gasteiger partial charge in [0, 0.05) is 22.8 Å². The molecule has 0 radical (unpaired) electrons. The van der Waals surface area contributed by atoms with E-state index in [0.717, 1.165) is 39.2 Å². The van der Waals surface area contributed by atoms with Crippen molar-refractivity contribution in [2.24, 2.45) is 5.41 Å². The fourth-order valence-corrected chi connectivity index (χ4v) is 4.44. The van der Waals surface area contributed by atoms with Gasteiger partial charge >= 0.3 is 0 Å². The molecular weight excluding hydrogens is 394 g/mol. The Morgan fingerprint density at radius 1 is 1.17 bits per heavy atom. The number of nitrogens with zero attached hydrogens (tertiary/aromatic N) is 2. The summed E-state index contributed by atoms with van der Waals surface area (Å²) in [5.41, 5.74) is 5.83. The van der Waals surface area contributed by atoms with Crippen LogP contribution in [0.2, 0.25) is 0 Å². The van der Waals surface area contributed by atoms with Gasteiger partial charge in [-0.1, -0.05) is 34.6 Å². The number of aryl methyl sites for hydroxylation is 2. The molecule has 0 aliphatic rings. The van der Waals surface area contributed by atoms with Gasteiger partial charge in [0.15, 0.2) is 5.13 Å². The molecule has 5 nitrogen and oxygen atoms in total. The van der Waals surface area contributed by atoms with Gasteiger partial charge in [-0.2, -0.15) is 0 Å². The fraction of sp³-hybridized carbons (Fsp3) is 0.458. The van der Waals surface area contributed by atoms with Crippen LogP contribution in [0.1, 0.15) is 63.6 Å². The topological polar surface area (TPSA) is 64.1 Å². The molecule has 0 bridgehead atoms. The summed E-state index contributed by atoms with van der Waals surface area (Å²) in [7, 11) is 1.70. The summed E-state index contributed by atoms with van der Waals surface area (Å²) in [6.07, 6.45) is 0.450. The number of nitrogens with one attached hydrogen (secondary N) is 1. The van der Waals surface area contributed by atoms with Crippen molar-refractivity contribution < 1.29 is 9.53 Å². The minimum atomic E-state index is -0.0645. The van der Waals surface area contributed by atoms with Crippen molar-refractivity contribution in [1.29, 1.82) is 0 Å². The molecule has 0 saturated carbocycles. The van der Waals surface area contributed by atoms with Crippen LogP contribution in [0.5, 0.6) is 5.75 Å². The quantitative estimate of drug-likeness (QED) is 0.508. The summed E-state index contributed by atoms with van der Waals surface area (Å²) < 4.78 is 5.62. The summed E-state index contributed by atoms with van der Waals surface area (Å²) in [5, 5.41) is 6.62. The number of hydrogen-bond acceptors (Lipinski definition) is 5.